The highest BCUT2D eigenvalue weighted by Gasteiger charge is 2.19. The van der Waals surface area contributed by atoms with Crippen LogP contribution in [0.25, 0.3) is 11.0 Å². The molecule has 9 heteroatoms. The normalized spacial score (nSPS) is 10.2. The Balaban J connectivity index is 0.00000280. The lowest BCUT2D eigenvalue weighted by Gasteiger charge is -2.17. The number of halogens is 2. The molecule has 28 heavy (non-hydrogen) atoms. The van der Waals surface area contributed by atoms with E-state index in [1.165, 1.54) is 27.5 Å². The van der Waals surface area contributed by atoms with Crippen molar-refractivity contribution in [2.45, 2.75) is 6.92 Å². The highest BCUT2D eigenvalue weighted by molar-refractivity contribution is 6.32. The van der Waals surface area contributed by atoms with Crippen LogP contribution < -0.4 is 14.8 Å². The molecule has 0 aliphatic rings. The van der Waals surface area contributed by atoms with Crippen molar-refractivity contribution in [2.75, 3.05) is 26.6 Å². The van der Waals surface area contributed by atoms with Gasteiger partial charge in [0.1, 0.15) is 17.1 Å². The molecule has 0 aliphatic heterocycles. The number of carbonyl (C=O) groups is 1. The molecular weight excluding hydrogens is 405 g/mol. The summed E-state index contributed by atoms with van der Waals surface area (Å²) in [6.07, 6.45) is 1.43. The smallest absolute Gasteiger partial charge is 0.341 e. The van der Waals surface area contributed by atoms with E-state index < -0.39 is 5.97 Å². The van der Waals surface area contributed by atoms with Gasteiger partial charge < -0.3 is 19.5 Å². The zero-order valence-electron chi connectivity index (χ0n) is 15.7. The number of benzene rings is 1. The standard InChI is InChI=1S/C19H18ClN3O4.ClH/c1-10-5-6-11-17(12(19(24)27-4)9-21-18(11)22-10)23-14-8-15(25-2)13(20)7-16(14)26-3;/h5-9H,1-4H3,(H,21,22,23);1H. The van der Waals surface area contributed by atoms with Crippen LogP contribution >= 0.6 is 24.0 Å². The first-order chi connectivity index (χ1) is 13.0. The number of fused-ring (bicyclic) bond motifs is 1. The summed E-state index contributed by atoms with van der Waals surface area (Å²) in [5.41, 5.74) is 2.66. The molecule has 0 saturated carbocycles. The molecule has 0 spiro atoms. The fourth-order valence-electron chi connectivity index (χ4n) is 2.66. The van der Waals surface area contributed by atoms with Crippen molar-refractivity contribution in [3.63, 3.8) is 0 Å². The predicted octanol–water partition coefficient (Wildman–Crippen LogP) is 4.56. The van der Waals surface area contributed by atoms with E-state index in [2.05, 4.69) is 15.3 Å². The Morgan fingerprint density at radius 3 is 2.46 bits per heavy atom. The number of hydrogen-bond acceptors (Lipinski definition) is 7. The number of aromatic nitrogens is 2. The molecule has 0 saturated heterocycles. The van der Waals surface area contributed by atoms with E-state index in [-0.39, 0.29) is 18.0 Å². The Morgan fingerprint density at radius 1 is 1.11 bits per heavy atom. The van der Waals surface area contributed by atoms with Gasteiger partial charge in [-0.05, 0) is 19.1 Å². The second-order valence-electron chi connectivity index (χ2n) is 5.67. The molecule has 1 N–H and O–H groups in total. The number of pyridine rings is 2. The van der Waals surface area contributed by atoms with Crippen molar-refractivity contribution in [3.05, 3.63) is 46.7 Å². The Bertz CT molecular complexity index is 1030. The van der Waals surface area contributed by atoms with Gasteiger partial charge in [0.05, 0.1) is 37.7 Å². The molecule has 3 rings (SSSR count). The minimum absolute atomic E-state index is 0. The van der Waals surface area contributed by atoms with Gasteiger partial charge in [-0.2, -0.15) is 0 Å². The van der Waals surface area contributed by atoms with E-state index in [1.54, 1.807) is 12.1 Å². The molecule has 0 bridgehead atoms. The van der Waals surface area contributed by atoms with E-state index in [1.807, 2.05) is 19.1 Å². The summed E-state index contributed by atoms with van der Waals surface area (Å²) < 4.78 is 15.6. The third-order valence-electron chi connectivity index (χ3n) is 4.01. The Hall–Kier alpha value is -2.77. The van der Waals surface area contributed by atoms with Crippen LogP contribution in [0.2, 0.25) is 5.02 Å². The molecule has 7 nitrogen and oxygen atoms in total. The monoisotopic (exact) mass is 423 g/mol. The lowest BCUT2D eigenvalue weighted by molar-refractivity contribution is 0.0601. The summed E-state index contributed by atoms with van der Waals surface area (Å²) in [7, 11) is 4.36. The van der Waals surface area contributed by atoms with Crippen LogP contribution in [0, 0.1) is 6.92 Å². The highest BCUT2D eigenvalue weighted by Crippen LogP contribution is 2.39. The van der Waals surface area contributed by atoms with Gasteiger partial charge in [-0.25, -0.2) is 14.8 Å². The molecule has 1 aromatic carbocycles. The number of esters is 1. The zero-order valence-corrected chi connectivity index (χ0v) is 17.3. The number of nitrogens with one attached hydrogen (secondary N) is 1. The maximum Gasteiger partial charge on any atom is 0.341 e. The Morgan fingerprint density at radius 2 is 1.82 bits per heavy atom. The summed E-state index contributed by atoms with van der Waals surface area (Å²) in [4.78, 5) is 21.0. The summed E-state index contributed by atoms with van der Waals surface area (Å²) in [5, 5.41) is 4.30. The number of aryl methyl sites for hydroxylation is 1. The van der Waals surface area contributed by atoms with Gasteiger partial charge in [-0.1, -0.05) is 11.6 Å². The van der Waals surface area contributed by atoms with Gasteiger partial charge in [0.25, 0.3) is 0 Å². The average Bonchev–Trinajstić information content (AvgIpc) is 2.68. The van der Waals surface area contributed by atoms with Crippen molar-refractivity contribution in [1.82, 2.24) is 9.97 Å². The number of methoxy groups -OCH3 is 3. The maximum atomic E-state index is 12.3. The molecule has 0 radical (unpaired) electrons. The summed E-state index contributed by atoms with van der Waals surface area (Å²) >= 11 is 6.17. The number of ether oxygens (including phenoxy) is 3. The molecule has 0 amide bonds. The van der Waals surface area contributed by atoms with Gasteiger partial charge >= 0.3 is 5.97 Å². The fraction of sp³-hybridized carbons (Fsp3) is 0.211. The average molecular weight is 424 g/mol. The molecule has 0 atom stereocenters. The van der Waals surface area contributed by atoms with Crippen molar-refractivity contribution in [3.8, 4) is 11.5 Å². The van der Waals surface area contributed by atoms with E-state index in [4.69, 9.17) is 25.8 Å². The largest absolute Gasteiger partial charge is 0.495 e. The first-order valence-electron chi connectivity index (χ1n) is 8.01. The Labute approximate surface area is 173 Å². The quantitative estimate of drug-likeness (QED) is 0.602. The third-order valence-corrected chi connectivity index (χ3v) is 4.30. The SMILES string of the molecule is COC(=O)c1cnc2nc(C)ccc2c1Nc1cc(OC)c(Cl)cc1OC.Cl. The number of rotatable bonds is 5. The topological polar surface area (TPSA) is 82.6 Å². The second-order valence-corrected chi connectivity index (χ2v) is 6.08. The van der Waals surface area contributed by atoms with Crippen LogP contribution in [0.1, 0.15) is 16.1 Å². The van der Waals surface area contributed by atoms with Crippen LogP contribution in [0.5, 0.6) is 11.5 Å². The number of nitrogens with zero attached hydrogens (tertiary/aromatic N) is 2. The summed E-state index contributed by atoms with van der Waals surface area (Å²) in [6, 6.07) is 7.01. The van der Waals surface area contributed by atoms with Gasteiger partial charge in [0, 0.05) is 29.4 Å². The summed E-state index contributed by atoms with van der Waals surface area (Å²) in [6.45, 7) is 1.87. The molecule has 3 aromatic rings. The molecule has 2 aromatic heterocycles. The van der Waals surface area contributed by atoms with Crippen LogP contribution in [0.4, 0.5) is 11.4 Å². The van der Waals surface area contributed by atoms with E-state index in [0.29, 0.717) is 38.9 Å². The molecule has 0 aliphatic carbocycles. The minimum Gasteiger partial charge on any atom is -0.495 e. The van der Waals surface area contributed by atoms with Gasteiger partial charge in [0.2, 0.25) is 0 Å². The number of carbonyl (C=O) groups excluding carboxylic acids is 1. The van der Waals surface area contributed by atoms with Crippen LogP contribution in [-0.2, 0) is 4.74 Å². The Kier molecular flexibility index (Phi) is 6.88. The molecular formula is C19H19Cl2N3O4. The first-order valence-corrected chi connectivity index (χ1v) is 8.39. The molecule has 0 unspecified atom stereocenters. The number of hydrogen-bond donors (Lipinski definition) is 1. The van der Waals surface area contributed by atoms with Gasteiger partial charge in [-0.15, -0.1) is 12.4 Å². The van der Waals surface area contributed by atoms with Crippen LogP contribution in [0.15, 0.2) is 30.5 Å². The third kappa shape index (κ3) is 4.05. The number of anilines is 2. The van der Waals surface area contributed by atoms with Crippen molar-refractivity contribution in [1.29, 1.82) is 0 Å². The lowest BCUT2D eigenvalue weighted by Crippen LogP contribution is -2.08. The van der Waals surface area contributed by atoms with Crippen LogP contribution in [-0.4, -0.2) is 37.3 Å². The molecule has 2 heterocycles. The summed E-state index contributed by atoms with van der Waals surface area (Å²) in [5.74, 6) is 0.431. The van der Waals surface area contributed by atoms with Gasteiger partial charge in [0.15, 0.2) is 5.65 Å². The molecule has 148 valence electrons. The van der Waals surface area contributed by atoms with E-state index in [0.717, 1.165) is 5.69 Å². The van der Waals surface area contributed by atoms with Gasteiger partial charge in [-0.3, -0.25) is 0 Å². The van der Waals surface area contributed by atoms with E-state index in [9.17, 15) is 4.79 Å². The predicted molar refractivity (Wildman–Crippen MR) is 111 cm³/mol. The second kappa shape index (κ2) is 8.95. The zero-order chi connectivity index (χ0) is 19.6. The fourth-order valence-corrected chi connectivity index (χ4v) is 2.89. The van der Waals surface area contributed by atoms with E-state index >= 15 is 0 Å². The maximum absolute atomic E-state index is 12.3. The van der Waals surface area contributed by atoms with Crippen LogP contribution in [0.3, 0.4) is 0 Å². The first kappa shape index (κ1) is 21.5. The van der Waals surface area contributed by atoms with Crippen molar-refractivity contribution >= 4 is 52.4 Å². The minimum atomic E-state index is -0.521. The van der Waals surface area contributed by atoms with Crippen molar-refractivity contribution < 1.29 is 19.0 Å². The molecule has 0 fully saturated rings. The highest BCUT2D eigenvalue weighted by atomic mass is 35.5. The van der Waals surface area contributed by atoms with Crippen molar-refractivity contribution in [2.24, 2.45) is 0 Å². The lowest BCUT2D eigenvalue weighted by atomic mass is 10.1.